The lowest BCUT2D eigenvalue weighted by Crippen LogP contribution is -2.19. The number of hydrazine groups is 1. The Morgan fingerprint density at radius 3 is 2.89 bits per heavy atom. The second-order valence-electron chi connectivity index (χ2n) is 4.33. The van der Waals surface area contributed by atoms with Gasteiger partial charge in [0.2, 0.25) is 0 Å². The number of fused-ring (bicyclic) bond motifs is 1. The molecule has 0 aliphatic carbocycles. The molecule has 1 aromatic carbocycles. The van der Waals surface area contributed by atoms with Crippen molar-refractivity contribution in [2.24, 2.45) is 5.84 Å². The van der Waals surface area contributed by atoms with Crippen LogP contribution >= 0.6 is 11.3 Å². The largest absolute Gasteiger partial charge is 0.324 e. The zero-order valence-corrected chi connectivity index (χ0v) is 11.0. The van der Waals surface area contributed by atoms with Gasteiger partial charge >= 0.3 is 0 Å². The predicted molar refractivity (Wildman–Crippen MR) is 79.4 cm³/mol. The summed E-state index contributed by atoms with van der Waals surface area (Å²) in [6, 6.07) is 9.44. The van der Waals surface area contributed by atoms with Crippen molar-refractivity contribution in [2.75, 3.05) is 5.43 Å². The number of anilines is 1. The predicted octanol–water partition coefficient (Wildman–Crippen LogP) is 2.40. The third kappa shape index (κ3) is 2.25. The fourth-order valence-corrected chi connectivity index (χ4v) is 2.74. The fraction of sp³-hybridized carbons (Fsp3) is 0.0714. The lowest BCUT2D eigenvalue weighted by atomic mass is 10.1. The Morgan fingerprint density at radius 2 is 2.16 bits per heavy atom. The number of rotatable bonds is 3. The van der Waals surface area contributed by atoms with E-state index in [-0.39, 0.29) is 5.56 Å². The standard InChI is InChI=1S/C14H13N3OS/c15-16-12-1-2-13-11(7-12)3-5-17(14(13)18)8-10-4-6-19-9-10/h1-7,9,16H,8,15H2. The molecule has 0 saturated carbocycles. The molecule has 0 radical (unpaired) electrons. The van der Waals surface area contributed by atoms with Gasteiger partial charge in [0.25, 0.3) is 5.56 Å². The Bertz CT molecular complexity index is 762. The zero-order chi connectivity index (χ0) is 13.2. The van der Waals surface area contributed by atoms with Crippen molar-refractivity contribution in [3.63, 3.8) is 0 Å². The highest BCUT2D eigenvalue weighted by Gasteiger charge is 2.04. The summed E-state index contributed by atoms with van der Waals surface area (Å²) in [4.78, 5) is 12.4. The minimum atomic E-state index is 0.0206. The average molecular weight is 271 g/mol. The average Bonchev–Trinajstić information content (AvgIpc) is 2.94. The van der Waals surface area contributed by atoms with Crippen molar-refractivity contribution in [1.29, 1.82) is 0 Å². The van der Waals surface area contributed by atoms with Crippen LogP contribution < -0.4 is 16.8 Å². The second kappa shape index (κ2) is 4.87. The highest BCUT2D eigenvalue weighted by molar-refractivity contribution is 7.07. The van der Waals surface area contributed by atoms with E-state index in [0.717, 1.165) is 16.6 Å². The highest BCUT2D eigenvalue weighted by Crippen LogP contribution is 2.16. The molecule has 0 unspecified atom stereocenters. The number of nitrogens with one attached hydrogen (secondary N) is 1. The first kappa shape index (κ1) is 12.0. The minimum absolute atomic E-state index is 0.0206. The van der Waals surface area contributed by atoms with Crippen molar-refractivity contribution in [2.45, 2.75) is 6.54 Å². The van der Waals surface area contributed by atoms with Crippen molar-refractivity contribution in [3.8, 4) is 0 Å². The van der Waals surface area contributed by atoms with Crippen LogP contribution in [0.15, 0.2) is 52.1 Å². The van der Waals surface area contributed by atoms with Crippen LogP contribution in [0.5, 0.6) is 0 Å². The molecule has 2 heterocycles. The number of benzene rings is 1. The third-order valence-electron chi connectivity index (χ3n) is 3.08. The molecule has 0 aliphatic heterocycles. The summed E-state index contributed by atoms with van der Waals surface area (Å²) in [5.41, 5.74) is 4.54. The number of hydrogen-bond donors (Lipinski definition) is 2. The summed E-state index contributed by atoms with van der Waals surface area (Å²) in [6.07, 6.45) is 1.82. The molecule has 0 atom stereocenters. The van der Waals surface area contributed by atoms with Crippen LogP contribution in [0.25, 0.3) is 10.8 Å². The maximum Gasteiger partial charge on any atom is 0.258 e. The molecule has 0 amide bonds. The summed E-state index contributed by atoms with van der Waals surface area (Å²) in [6.45, 7) is 0.606. The lowest BCUT2D eigenvalue weighted by molar-refractivity contribution is 0.770. The second-order valence-corrected chi connectivity index (χ2v) is 5.11. The van der Waals surface area contributed by atoms with Crippen molar-refractivity contribution >= 4 is 27.8 Å². The van der Waals surface area contributed by atoms with Gasteiger partial charge in [-0.3, -0.25) is 10.6 Å². The number of hydrogen-bond acceptors (Lipinski definition) is 4. The molecule has 5 heteroatoms. The maximum absolute atomic E-state index is 12.4. The van der Waals surface area contributed by atoms with Crippen LogP contribution in [0.3, 0.4) is 0 Å². The van der Waals surface area contributed by atoms with E-state index in [1.807, 2.05) is 29.8 Å². The number of nitrogens with two attached hydrogens (primary N) is 1. The van der Waals surface area contributed by atoms with E-state index in [1.165, 1.54) is 0 Å². The topological polar surface area (TPSA) is 60.0 Å². The van der Waals surface area contributed by atoms with Crippen LogP contribution in [0.2, 0.25) is 0 Å². The van der Waals surface area contributed by atoms with Crippen molar-refractivity contribution in [1.82, 2.24) is 4.57 Å². The van der Waals surface area contributed by atoms with E-state index in [4.69, 9.17) is 5.84 Å². The molecule has 3 N–H and O–H groups in total. The molecule has 3 rings (SSSR count). The Hall–Kier alpha value is -2.11. The van der Waals surface area contributed by atoms with Crippen LogP contribution in [0.4, 0.5) is 5.69 Å². The lowest BCUT2D eigenvalue weighted by Gasteiger charge is -2.07. The molecule has 4 nitrogen and oxygen atoms in total. The van der Waals surface area contributed by atoms with Gasteiger partial charge in [-0.1, -0.05) is 0 Å². The molecule has 3 aromatic rings. The van der Waals surface area contributed by atoms with Gasteiger partial charge in [-0.15, -0.1) is 0 Å². The van der Waals surface area contributed by atoms with Gasteiger partial charge in [-0.25, -0.2) is 0 Å². The quantitative estimate of drug-likeness (QED) is 0.568. The summed E-state index contributed by atoms with van der Waals surface area (Å²) in [5.74, 6) is 5.37. The first-order valence-electron chi connectivity index (χ1n) is 5.89. The van der Waals surface area contributed by atoms with E-state index in [9.17, 15) is 4.79 Å². The van der Waals surface area contributed by atoms with E-state index >= 15 is 0 Å². The number of aromatic nitrogens is 1. The van der Waals surface area contributed by atoms with Crippen LogP contribution in [-0.4, -0.2) is 4.57 Å². The Kier molecular flexibility index (Phi) is 3.06. The minimum Gasteiger partial charge on any atom is -0.324 e. The molecule has 2 aromatic heterocycles. The third-order valence-corrected chi connectivity index (χ3v) is 3.81. The van der Waals surface area contributed by atoms with Crippen LogP contribution in [0.1, 0.15) is 5.56 Å². The van der Waals surface area contributed by atoms with E-state index < -0.39 is 0 Å². The molecule has 0 bridgehead atoms. The first-order valence-corrected chi connectivity index (χ1v) is 6.83. The zero-order valence-electron chi connectivity index (χ0n) is 10.2. The molecule has 0 aliphatic rings. The Balaban J connectivity index is 2.08. The summed E-state index contributed by atoms with van der Waals surface area (Å²) >= 11 is 1.64. The Morgan fingerprint density at radius 1 is 1.26 bits per heavy atom. The van der Waals surface area contributed by atoms with Crippen molar-refractivity contribution in [3.05, 3.63) is 63.2 Å². The van der Waals surface area contributed by atoms with Crippen LogP contribution in [-0.2, 0) is 6.54 Å². The number of thiophene rings is 1. The van der Waals surface area contributed by atoms with Gasteiger partial charge in [0, 0.05) is 17.3 Å². The summed E-state index contributed by atoms with van der Waals surface area (Å²) in [7, 11) is 0. The van der Waals surface area contributed by atoms with Gasteiger partial charge < -0.3 is 9.99 Å². The molecular formula is C14H13N3OS. The first-order chi connectivity index (χ1) is 9.28. The maximum atomic E-state index is 12.4. The van der Waals surface area contributed by atoms with Gasteiger partial charge in [0.05, 0.1) is 6.54 Å². The number of nitrogens with zero attached hydrogens (tertiary/aromatic N) is 1. The normalized spacial score (nSPS) is 10.8. The highest BCUT2D eigenvalue weighted by atomic mass is 32.1. The number of nitrogen functional groups attached to an aromatic ring is 1. The van der Waals surface area contributed by atoms with E-state index in [0.29, 0.717) is 11.9 Å². The van der Waals surface area contributed by atoms with E-state index in [2.05, 4.69) is 10.8 Å². The molecule has 19 heavy (non-hydrogen) atoms. The molecule has 0 fully saturated rings. The van der Waals surface area contributed by atoms with Crippen molar-refractivity contribution < 1.29 is 0 Å². The van der Waals surface area contributed by atoms with Gasteiger partial charge in [0.1, 0.15) is 0 Å². The molecule has 96 valence electrons. The fourth-order valence-electron chi connectivity index (χ4n) is 2.08. The van der Waals surface area contributed by atoms with Gasteiger partial charge in [-0.2, -0.15) is 11.3 Å². The molecule has 0 saturated heterocycles. The SMILES string of the molecule is NNc1ccc2c(=O)n(Cc3ccsc3)ccc2c1. The summed E-state index contributed by atoms with van der Waals surface area (Å²) in [5, 5.41) is 5.66. The van der Waals surface area contributed by atoms with Gasteiger partial charge in [-0.05, 0) is 52.0 Å². The molecular weight excluding hydrogens is 258 g/mol. The molecule has 0 spiro atoms. The van der Waals surface area contributed by atoms with E-state index in [1.54, 1.807) is 28.0 Å². The Labute approximate surface area is 114 Å². The summed E-state index contributed by atoms with van der Waals surface area (Å²) < 4.78 is 1.72. The van der Waals surface area contributed by atoms with Gasteiger partial charge in [0.15, 0.2) is 0 Å². The number of pyridine rings is 1. The monoisotopic (exact) mass is 271 g/mol. The smallest absolute Gasteiger partial charge is 0.258 e. The van der Waals surface area contributed by atoms with Crippen LogP contribution in [0, 0.1) is 0 Å².